The maximum atomic E-state index is 12.5. The van der Waals surface area contributed by atoms with Crippen LogP contribution in [-0.4, -0.2) is 55.2 Å². The number of nitrogens with one attached hydrogen (secondary N) is 2. The maximum absolute atomic E-state index is 12.5. The topological polar surface area (TPSA) is 130 Å². The predicted molar refractivity (Wildman–Crippen MR) is 187 cm³/mol. The summed E-state index contributed by atoms with van der Waals surface area (Å²) in [6.45, 7) is 34.0. The van der Waals surface area contributed by atoms with Gasteiger partial charge in [-0.2, -0.15) is 0 Å². The van der Waals surface area contributed by atoms with Crippen LogP contribution in [0.15, 0.2) is 60.4 Å². The van der Waals surface area contributed by atoms with Gasteiger partial charge in [0.25, 0.3) is 0 Å². The molecule has 0 bridgehead atoms. The summed E-state index contributed by atoms with van der Waals surface area (Å²) < 4.78 is 0. The van der Waals surface area contributed by atoms with Gasteiger partial charge in [-0.1, -0.05) is 59.9 Å². The number of Topliss-reactive ketones (excluding diaryl/α,β-unsaturated/α-hetero) is 1. The number of imidazole rings is 1. The van der Waals surface area contributed by atoms with E-state index < -0.39 is 0 Å². The van der Waals surface area contributed by atoms with Crippen molar-refractivity contribution in [1.82, 2.24) is 30.2 Å². The number of carbonyl (C=O) groups is 2. The van der Waals surface area contributed by atoms with Crippen LogP contribution < -0.4 is 11.1 Å². The second-order valence-electron chi connectivity index (χ2n) is 10.7. The van der Waals surface area contributed by atoms with E-state index in [1.165, 1.54) is 18.8 Å². The first kappa shape index (κ1) is 42.4. The standard InChI is InChI=1S/C19H28N6O.C7H10O.C5H11N.2C2H6/c1-4-19(24-14(2)3)8-10-25(11-9-19)17(26)7-5-6-16-22-15-12-20-13-21-18(15)23-16;1-5(2)6(3)7(4)8;1-4(2)5(3)6;2*1-2/h12-13,24H,2,4-11H2,1,3H3,(H,20,21,22,23);1,3H2,2,4H3;6H2,1-3H3;2*1-2H3. The number of aromatic amines is 1. The van der Waals surface area contributed by atoms with Gasteiger partial charge in [0.1, 0.15) is 17.7 Å². The van der Waals surface area contributed by atoms with Crippen LogP contribution in [0.5, 0.6) is 0 Å². The zero-order valence-electron chi connectivity index (χ0n) is 29.6. The Morgan fingerprint density at radius 3 is 1.95 bits per heavy atom. The van der Waals surface area contributed by atoms with Crippen LogP contribution in [0, 0.1) is 0 Å². The molecule has 2 aromatic heterocycles. The van der Waals surface area contributed by atoms with E-state index in [1.54, 1.807) is 13.1 Å². The smallest absolute Gasteiger partial charge is 0.222 e. The van der Waals surface area contributed by atoms with Gasteiger partial charge in [0, 0.05) is 48.4 Å². The number of fused-ring (bicyclic) bond motifs is 1. The molecule has 4 N–H and O–H groups in total. The highest BCUT2D eigenvalue weighted by Gasteiger charge is 2.33. The molecule has 1 fully saturated rings. The van der Waals surface area contributed by atoms with Crippen molar-refractivity contribution >= 4 is 22.9 Å². The number of likely N-dealkylation sites (tertiary alicyclic amines) is 1. The number of hydrogen-bond donors (Lipinski definition) is 3. The average Bonchev–Trinajstić information content (AvgIpc) is 3.42. The summed E-state index contributed by atoms with van der Waals surface area (Å²) in [4.78, 5) is 40.7. The van der Waals surface area contributed by atoms with Crippen molar-refractivity contribution in [3.63, 3.8) is 0 Å². The molecule has 3 heterocycles. The normalized spacial score (nSPS) is 12.7. The molecular weight excluding hydrogens is 550 g/mol. The van der Waals surface area contributed by atoms with Crippen LogP contribution in [0.2, 0.25) is 0 Å². The fourth-order valence-corrected chi connectivity index (χ4v) is 4.00. The summed E-state index contributed by atoms with van der Waals surface area (Å²) in [7, 11) is 0. The van der Waals surface area contributed by atoms with Gasteiger partial charge in [-0.3, -0.25) is 9.59 Å². The molecule has 44 heavy (non-hydrogen) atoms. The number of nitrogens with two attached hydrogens (primary N) is 1. The number of H-pyrrole nitrogens is 1. The molecular formula is C35H61N7O2. The number of allylic oxidation sites excluding steroid dienone is 5. The Kier molecular flexibility index (Phi) is 21.9. The quantitative estimate of drug-likeness (QED) is 0.197. The second kappa shape index (κ2) is 22.7. The van der Waals surface area contributed by atoms with Crippen molar-refractivity contribution < 1.29 is 9.59 Å². The van der Waals surface area contributed by atoms with Gasteiger partial charge >= 0.3 is 0 Å². The lowest BCUT2D eigenvalue weighted by Crippen LogP contribution is -2.53. The molecule has 1 aliphatic heterocycles. The van der Waals surface area contributed by atoms with E-state index >= 15 is 0 Å². The Morgan fingerprint density at radius 2 is 1.57 bits per heavy atom. The SMILES string of the molecule is C=C(C)C(=C)C(C)=O.C=C(C)NC1(CC)CCN(C(=O)CCCc2nc3ncncc3[nH]2)CC1.CC.CC.CC(C)=C(C)N. The summed E-state index contributed by atoms with van der Waals surface area (Å²) in [6, 6.07) is 0. The van der Waals surface area contributed by atoms with Crippen LogP contribution in [0.1, 0.15) is 114 Å². The summed E-state index contributed by atoms with van der Waals surface area (Å²) in [5.74, 6) is 1.10. The first-order valence-corrected chi connectivity index (χ1v) is 15.8. The lowest BCUT2D eigenvalue weighted by Gasteiger charge is -2.42. The second-order valence-corrected chi connectivity index (χ2v) is 10.7. The van der Waals surface area contributed by atoms with Gasteiger partial charge in [0.15, 0.2) is 11.4 Å². The molecule has 0 aromatic carbocycles. The Bertz CT molecular complexity index is 1150. The molecule has 9 heteroatoms. The summed E-state index contributed by atoms with van der Waals surface area (Å²) >= 11 is 0. The summed E-state index contributed by atoms with van der Waals surface area (Å²) in [5, 5.41) is 3.53. The van der Waals surface area contributed by atoms with E-state index in [-0.39, 0.29) is 17.2 Å². The molecule has 2 aromatic rings. The van der Waals surface area contributed by atoms with Gasteiger partial charge in [-0.15, -0.1) is 0 Å². The molecule has 1 aliphatic rings. The van der Waals surface area contributed by atoms with Crippen LogP contribution in [0.25, 0.3) is 11.2 Å². The van der Waals surface area contributed by atoms with Crippen LogP contribution in [0.3, 0.4) is 0 Å². The third-order valence-electron chi connectivity index (χ3n) is 6.97. The molecule has 1 amide bonds. The average molecular weight is 612 g/mol. The Balaban J connectivity index is 0. The zero-order chi connectivity index (χ0) is 34.5. The molecule has 248 valence electrons. The van der Waals surface area contributed by atoms with Crippen molar-refractivity contribution in [1.29, 1.82) is 0 Å². The van der Waals surface area contributed by atoms with E-state index in [0.717, 1.165) is 73.5 Å². The summed E-state index contributed by atoms with van der Waals surface area (Å²) in [5.41, 5.74) is 11.3. The first-order valence-electron chi connectivity index (χ1n) is 15.8. The predicted octanol–water partition coefficient (Wildman–Crippen LogP) is 7.59. The van der Waals surface area contributed by atoms with Crippen molar-refractivity contribution in [2.24, 2.45) is 5.73 Å². The number of nitrogens with zero attached hydrogens (tertiary/aromatic N) is 4. The Morgan fingerprint density at radius 1 is 1.02 bits per heavy atom. The fourth-order valence-electron chi connectivity index (χ4n) is 4.00. The van der Waals surface area contributed by atoms with Crippen molar-refractivity contribution in [2.75, 3.05) is 13.1 Å². The van der Waals surface area contributed by atoms with Crippen LogP contribution >= 0.6 is 0 Å². The molecule has 9 nitrogen and oxygen atoms in total. The van der Waals surface area contributed by atoms with Crippen LogP contribution in [0.4, 0.5) is 0 Å². The highest BCUT2D eigenvalue weighted by Crippen LogP contribution is 2.27. The fraction of sp³-hybridized carbons (Fsp3) is 0.571. The minimum Gasteiger partial charge on any atom is -0.402 e. The molecule has 0 atom stereocenters. The van der Waals surface area contributed by atoms with Crippen molar-refractivity contribution in [3.05, 3.63) is 66.2 Å². The van der Waals surface area contributed by atoms with Crippen LogP contribution in [-0.2, 0) is 16.0 Å². The monoisotopic (exact) mass is 611 g/mol. The van der Waals surface area contributed by atoms with Gasteiger partial charge in [-0.25, -0.2) is 15.0 Å². The third-order valence-corrected chi connectivity index (χ3v) is 6.97. The third kappa shape index (κ3) is 16.2. The number of aromatic nitrogens is 4. The van der Waals surface area contributed by atoms with Gasteiger partial charge in [0.2, 0.25) is 5.91 Å². The van der Waals surface area contributed by atoms with E-state index in [1.807, 2.05) is 60.3 Å². The number of carbonyl (C=O) groups excluding carboxylic acids is 2. The molecule has 3 rings (SSSR count). The number of amides is 1. The van der Waals surface area contributed by atoms with E-state index in [4.69, 9.17) is 5.73 Å². The molecule has 0 spiro atoms. The molecule has 1 saturated heterocycles. The van der Waals surface area contributed by atoms with Crippen molar-refractivity contribution in [2.45, 2.75) is 120 Å². The number of hydrogen-bond acceptors (Lipinski definition) is 7. The highest BCUT2D eigenvalue weighted by molar-refractivity contribution is 5.96. The Hall–Kier alpha value is -3.75. The minimum absolute atomic E-state index is 0.00231. The lowest BCUT2D eigenvalue weighted by molar-refractivity contribution is -0.133. The number of piperidine rings is 1. The molecule has 0 radical (unpaired) electrons. The zero-order valence-corrected chi connectivity index (χ0v) is 29.6. The largest absolute Gasteiger partial charge is 0.402 e. The van der Waals surface area contributed by atoms with Gasteiger partial charge in [-0.05, 0) is 72.8 Å². The van der Waals surface area contributed by atoms with E-state index in [9.17, 15) is 9.59 Å². The number of rotatable bonds is 9. The highest BCUT2D eigenvalue weighted by atomic mass is 16.2. The van der Waals surface area contributed by atoms with E-state index in [0.29, 0.717) is 17.6 Å². The number of ketones is 1. The molecule has 0 saturated carbocycles. The lowest BCUT2D eigenvalue weighted by atomic mass is 9.84. The maximum Gasteiger partial charge on any atom is 0.222 e. The van der Waals surface area contributed by atoms with Gasteiger partial charge < -0.3 is 20.9 Å². The van der Waals surface area contributed by atoms with Crippen molar-refractivity contribution in [3.8, 4) is 0 Å². The molecule has 0 unspecified atom stereocenters. The van der Waals surface area contributed by atoms with E-state index in [2.05, 4.69) is 51.9 Å². The van der Waals surface area contributed by atoms with Gasteiger partial charge in [0.05, 0.1) is 6.20 Å². The summed E-state index contributed by atoms with van der Waals surface area (Å²) in [6.07, 6.45) is 8.29. The first-order chi connectivity index (χ1) is 20.7. The molecule has 0 aliphatic carbocycles. The Labute approximate surface area is 267 Å². The number of aryl methyl sites for hydroxylation is 1. The minimum atomic E-state index is -0.00231.